The van der Waals surface area contributed by atoms with Crippen LogP contribution in [0.4, 0.5) is 0 Å². The Balaban J connectivity index is 1.60. The lowest BCUT2D eigenvalue weighted by Crippen LogP contribution is -2.38. The molecule has 1 aliphatic rings. The molecule has 2 aromatic heterocycles. The van der Waals surface area contributed by atoms with Gasteiger partial charge >= 0.3 is 0 Å². The smallest absolute Gasteiger partial charge is 0.240 e. The van der Waals surface area contributed by atoms with Crippen molar-refractivity contribution in [3.05, 3.63) is 65.6 Å². The van der Waals surface area contributed by atoms with Crippen molar-refractivity contribution in [2.75, 3.05) is 0 Å². The van der Waals surface area contributed by atoms with E-state index in [1.807, 2.05) is 30.1 Å². The molecule has 1 N–H and O–H groups in total. The van der Waals surface area contributed by atoms with Crippen LogP contribution in [0.5, 0.6) is 0 Å². The first-order valence-electron chi connectivity index (χ1n) is 10.6. The summed E-state index contributed by atoms with van der Waals surface area (Å²) < 4.78 is 4.18. The van der Waals surface area contributed by atoms with Crippen LogP contribution in [0.2, 0.25) is 0 Å². The predicted octanol–water partition coefficient (Wildman–Crippen LogP) is 4.39. The normalized spacial score (nSPS) is 15.2. The van der Waals surface area contributed by atoms with Gasteiger partial charge < -0.3 is 9.88 Å². The summed E-state index contributed by atoms with van der Waals surface area (Å²) in [6, 6.07) is 12.9. The zero-order valence-electron chi connectivity index (χ0n) is 17.4. The third kappa shape index (κ3) is 4.42. The second-order valence-corrected chi connectivity index (χ2v) is 8.14. The number of fused-ring (bicyclic) bond motifs is 1. The first-order chi connectivity index (χ1) is 14.1. The number of aryl methyl sites for hydroxylation is 1. The van der Waals surface area contributed by atoms with E-state index in [9.17, 15) is 4.79 Å². The van der Waals surface area contributed by atoms with Gasteiger partial charge in [0.25, 0.3) is 0 Å². The van der Waals surface area contributed by atoms with E-state index >= 15 is 0 Å². The Kier molecular flexibility index (Phi) is 5.79. The van der Waals surface area contributed by atoms with E-state index in [-0.39, 0.29) is 5.91 Å². The Morgan fingerprint density at radius 1 is 1.10 bits per heavy atom. The monoisotopic (exact) mass is 388 g/mol. The van der Waals surface area contributed by atoms with Gasteiger partial charge in [0.1, 0.15) is 13.6 Å². The summed E-state index contributed by atoms with van der Waals surface area (Å²) in [7, 11) is 2.02. The van der Waals surface area contributed by atoms with Gasteiger partial charge in [-0.1, -0.05) is 49.6 Å². The minimum absolute atomic E-state index is 0.117. The van der Waals surface area contributed by atoms with E-state index in [1.165, 1.54) is 30.2 Å². The highest BCUT2D eigenvalue weighted by molar-refractivity contribution is 5.94. The van der Waals surface area contributed by atoms with Gasteiger partial charge in [-0.15, -0.1) is 0 Å². The van der Waals surface area contributed by atoms with Gasteiger partial charge in [-0.2, -0.15) is 0 Å². The number of rotatable bonds is 5. The lowest BCUT2D eigenvalue weighted by molar-refractivity contribution is -0.671. The van der Waals surface area contributed by atoms with Gasteiger partial charge in [-0.3, -0.25) is 4.79 Å². The third-order valence-electron chi connectivity index (χ3n) is 6.00. The summed E-state index contributed by atoms with van der Waals surface area (Å²) in [6.07, 6.45) is 14.4. The van der Waals surface area contributed by atoms with Gasteiger partial charge in [-0.05, 0) is 31.4 Å². The molecule has 4 rings (SSSR count). The minimum Gasteiger partial charge on any atom is -0.352 e. The van der Waals surface area contributed by atoms with Gasteiger partial charge in [-0.25, -0.2) is 4.57 Å². The molecule has 0 saturated heterocycles. The summed E-state index contributed by atoms with van der Waals surface area (Å²) in [6.45, 7) is 2.48. The maximum Gasteiger partial charge on any atom is 0.240 e. The van der Waals surface area contributed by atoms with Gasteiger partial charge in [0.2, 0.25) is 5.91 Å². The number of pyridine rings is 1. The Bertz CT molecular complexity index is 1020. The highest BCUT2D eigenvalue weighted by Gasteiger charge is 2.18. The van der Waals surface area contributed by atoms with E-state index in [4.69, 9.17) is 0 Å². The Hall–Kier alpha value is -2.88. The molecule has 0 unspecified atom stereocenters. The fourth-order valence-corrected chi connectivity index (χ4v) is 4.34. The maximum atomic E-state index is 12.7. The number of aromatic nitrogens is 2. The maximum absolute atomic E-state index is 12.7. The number of hydrogen-bond acceptors (Lipinski definition) is 1. The number of amides is 1. The van der Waals surface area contributed by atoms with Gasteiger partial charge in [0.05, 0.1) is 0 Å². The molecular formula is C25H30N3O+. The number of carbonyl (C=O) groups is 1. The number of benzene rings is 1. The molecule has 0 radical (unpaired) electrons. The van der Waals surface area contributed by atoms with Crippen LogP contribution < -0.4 is 9.88 Å². The van der Waals surface area contributed by atoms with Gasteiger partial charge in [0.15, 0.2) is 12.4 Å². The van der Waals surface area contributed by atoms with E-state index in [0.29, 0.717) is 12.6 Å². The molecule has 4 nitrogen and oxygen atoms in total. The minimum atomic E-state index is 0.117. The highest BCUT2D eigenvalue weighted by atomic mass is 16.2. The van der Waals surface area contributed by atoms with E-state index in [1.54, 1.807) is 0 Å². The molecule has 0 aliphatic heterocycles. The SMILES string of the molecule is Cc1c(/C=C/c2cc[n+](C)cc2)c2ccccc2n1CC(=O)NC1CCCCC1. The zero-order valence-corrected chi connectivity index (χ0v) is 17.4. The van der Waals surface area contributed by atoms with Crippen molar-refractivity contribution in [3.63, 3.8) is 0 Å². The number of nitrogens with one attached hydrogen (secondary N) is 1. The number of nitrogens with zero attached hydrogens (tertiary/aromatic N) is 2. The Morgan fingerprint density at radius 2 is 1.83 bits per heavy atom. The van der Waals surface area contributed by atoms with Gasteiger partial charge in [0, 0.05) is 40.3 Å². The Morgan fingerprint density at radius 3 is 2.59 bits per heavy atom. The fourth-order valence-electron chi connectivity index (χ4n) is 4.34. The number of carbonyl (C=O) groups excluding carboxylic acids is 1. The van der Waals surface area contributed by atoms with Crippen LogP contribution in [-0.4, -0.2) is 16.5 Å². The summed E-state index contributed by atoms with van der Waals surface area (Å²) in [5, 5.41) is 4.44. The quantitative estimate of drug-likeness (QED) is 0.647. The second kappa shape index (κ2) is 8.64. The predicted molar refractivity (Wildman–Crippen MR) is 118 cm³/mol. The summed E-state index contributed by atoms with van der Waals surface area (Å²) in [5.74, 6) is 0.117. The summed E-state index contributed by atoms with van der Waals surface area (Å²) in [4.78, 5) is 12.7. The topological polar surface area (TPSA) is 37.9 Å². The second-order valence-electron chi connectivity index (χ2n) is 8.14. The standard InChI is InChI=1S/C25H29N3O/c1-19-22(13-12-20-14-16-27(2)17-15-20)23-10-6-7-11-24(23)28(19)18-25(29)26-21-8-4-3-5-9-21/h6-7,10-17,21H,3-5,8-9,18H2,1-2H3/p+1. The lowest BCUT2D eigenvalue weighted by Gasteiger charge is -2.23. The molecule has 0 bridgehead atoms. The molecule has 1 aliphatic carbocycles. The van der Waals surface area contributed by atoms with Crippen molar-refractivity contribution >= 4 is 29.0 Å². The molecule has 29 heavy (non-hydrogen) atoms. The molecular weight excluding hydrogens is 358 g/mol. The largest absolute Gasteiger partial charge is 0.352 e. The van der Waals surface area contributed by atoms with E-state index in [2.05, 4.69) is 59.3 Å². The fraction of sp³-hybridized carbons (Fsp3) is 0.360. The average molecular weight is 389 g/mol. The molecule has 1 saturated carbocycles. The summed E-state index contributed by atoms with van der Waals surface area (Å²) in [5.41, 5.74) is 4.58. The van der Waals surface area contributed by atoms with Crippen LogP contribution in [0.15, 0.2) is 48.8 Å². The molecule has 1 amide bonds. The molecule has 150 valence electrons. The molecule has 4 heteroatoms. The van der Waals surface area contributed by atoms with Crippen LogP contribution in [0.25, 0.3) is 23.1 Å². The van der Waals surface area contributed by atoms with Crippen molar-refractivity contribution in [1.29, 1.82) is 0 Å². The van der Waals surface area contributed by atoms with E-state index in [0.717, 1.165) is 29.6 Å². The Labute approximate surface area is 172 Å². The number of hydrogen-bond donors (Lipinski definition) is 1. The van der Waals surface area contributed by atoms with Crippen molar-refractivity contribution in [2.24, 2.45) is 7.05 Å². The molecule has 0 atom stereocenters. The number of para-hydroxylation sites is 1. The first-order valence-corrected chi connectivity index (χ1v) is 10.6. The van der Waals surface area contributed by atoms with Crippen LogP contribution in [0, 0.1) is 6.92 Å². The molecule has 1 fully saturated rings. The molecule has 1 aromatic carbocycles. The first kappa shape index (κ1) is 19.4. The van der Waals surface area contributed by atoms with Crippen LogP contribution in [-0.2, 0) is 18.4 Å². The molecule has 0 spiro atoms. The van der Waals surface area contributed by atoms with Crippen molar-refractivity contribution < 1.29 is 9.36 Å². The van der Waals surface area contributed by atoms with Crippen LogP contribution >= 0.6 is 0 Å². The van der Waals surface area contributed by atoms with Crippen molar-refractivity contribution in [3.8, 4) is 0 Å². The molecule has 3 aromatic rings. The lowest BCUT2D eigenvalue weighted by atomic mass is 9.95. The van der Waals surface area contributed by atoms with Crippen LogP contribution in [0.1, 0.15) is 48.9 Å². The van der Waals surface area contributed by atoms with E-state index < -0.39 is 0 Å². The average Bonchev–Trinajstić information content (AvgIpc) is 2.99. The van der Waals surface area contributed by atoms with Crippen molar-refractivity contribution in [1.82, 2.24) is 9.88 Å². The molecule has 2 heterocycles. The van der Waals surface area contributed by atoms with Crippen LogP contribution in [0.3, 0.4) is 0 Å². The van der Waals surface area contributed by atoms with Crippen molar-refractivity contribution in [2.45, 2.75) is 51.6 Å². The third-order valence-corrected chi connectivity index (χ3v) is 6.00. The zero-order chi connectivity index (χ0) is 20.2. The highest BCUT2D eigenvalue weighted by Crippen LogP contribution is 2.28. The summed E-state index contributed by atoms with van der Waals surface area (Å²) >= 11 is 0.